The highest BCUT2D eigenvalue weighted by atomic mass is 16.6. The van der Waals surface area contributed by atoms with Crippen molar-refractivity contribution < 1.29 is 9.53 Å². The molecule has 3 rings (SSSR count). The van der Waals surface area contributed by atoms with E-state index >= 15 is 0 Å². The molecule has 1 aromatic carbocycles. The number of aryl methyl sites for hydroxylation is 1. The third-order valence-electron chi connectivity index (χ3n) is 4.96. The molecule has 0 aromatic heterocycles. The van der Waals surface area contributed by atoms with Gasteiger partial charge in [-0.15, -0.1) is 0 Å². The molecule has 1 saturated carbocycles. The minimum Gasteiger partial charge on any atom is -0.444 e. The zero-order chi connectivity index (χ0) is 20.5. The first-order chi connectivity index (χ1) is 13.1. The quantitative estimate of drug-likeness (QED) is 0.719. The molecule has 0 saturated heterocycles. The fourth-order valence-electron chi connectivity index (χ4n) is 3.84. The number of amides is 1. The van der Waals surface area contributed by atoms with Crippen LogP contribution in [0.25, 0.3) is 0 Å². The second-order valence-electron chi connectivity index (χ2n) is 8.44. The van der Waals surface area contributed by atoms with E-state index in [2.05, 4.69) is 15.3 Å². The van der Waals surface area contributed by atoms with Gasteiger partial charge in [-0.05, 0) is 77.1 Å². The van der Waals surface area contributed by atoms with Crippen molar-refractivity contribution in [3.8, 4) is 0 Å². The van der Waals surface area contributed by atoms with Gasteiger partial charge in [0.1, 0.15) is 11.3 Å². The molecule has 1 spiro atoms. The maximum absolute atomic E-state index is 12.1. The summed E-state index contributed by atoms with van der Waals surface area (Å²) in [7, 11) is 0. The lowest BCUT2D eigenvalue weighted by molar-refractivity contribution is 0.0636. The second kappa shape index (κ2) is 7.33. The maximum Gasteiger partial charge on any atom is 0.412 e. The van der Waals surface area contributed by atoms with Gasteiger partial charge < -0.3 is 16.2 Å². The van der Waals surface area contributed by atoms with Crippen molar-refractivity contribution in [2.45, 2.75) is 71.1 Å². The smallest absolute Gasteiger partial charge is 0.412 e. The first-order valence-corrected chi connectivity index (χ1v) is 9.70. The van der Waals surface area contributed by atoms with E-state index in [0.717, 1.165) is 36.9 Å². The van der Waals surface area contributed by atoms with Crippen molar-refractivity contribution in [1.82, 2.24) is 0 Å². The average Bonchev–Trinajstić information content (AvgIpc) is 2.55. The Bertz CT molecular complexity index is 818. The predicted octanol–water partition coefficient (Wildman–Crippen LogP) is 3.45. The molecule has 2 aliphatic rings. The van der Waals surface area contributed by atoms with E-state index in [1.54, 1.807) is 0 Å². The lowest BCUT2D eigenvalue weighted by atomic mass is 9.87. The molecule has 1 aromatic rings. The average molecular weight is 387 g/mol. The van der Waals surface area contributed by atoms with Crippen molar-refractivity contribution in [3.63, 3.8) is 0 Å². The number of hydrogen-bond acceptors (Lipinski definition) is 7. The van der Waals surface area contributed by atoms with Crippen molar-refractivity contribution in [2.24, 2.45) is 21.5 Å². The zero-order valence-electron chi connectivity index (χ0n) is 17.1. The zero-order valence-corrected chi connectivity index (χ0v) is 17.1. The van der Waals surface area contributed by atoms with E-state index in [4.69, 9.17) is 16.2 Å². The fraction of sp³-hybridized carbons (Fsp3) is 0.550. The standard InChI is InChI=1S/C20H30N6O2/c1-13-12-14(8-9-15(13)23-18(27)28-19(2,3)4)26-17(22)24-16(21)25-20(26)10-6-5-7-11-20/h8-9,12H,5-7,10-11H2,1-4H3,(H,23,27)(H4,21,22,24,25). The summed E-state index contributed by atoms with van der Waals surface area (Å²) in [6.45, 7) is 7.42. The number of aliphatic imine (C=N–C) groups is 2. The molecule has 5 N–H and O–H groups in total. The fourth-order valence-corrected chi connectivity index (χ4v) is 3.84. The van der Waals surface area contributed by atoms with Gasteiger partial charge in [-0.2, -0.15) is 4.99 Å². The Labute approximate surface area is 166 Å². The number of guanidine groups is 2. The second-order valence-corrected chi connectivity index (χ2v) is 8.44. The van der Waals surface area contributed by atoms with E-state index in [9.17, 15) is 4.79 Å². The van der Waals surface area contributed by atoms with Crippen LogP contribution in [0.5, 0.6) is 0 Å². The molecule has 0 unspecified atom stereocenters. The van der Waals surface area contributed by atoms with Crippen molar-refractivity contribution in [2.75, 3.05) is 10.2 Å². The predicted molar refractivity (Wildman–Crippen MR) is 113 cm³/mol. The summed E-state index contributed by atoms with van der Waals surface area (Å²) in [6.07, 6.45) is 4.58. The normalized spacial score (nSPS) is 19.1. The van der Waals surface area contributed by atoms with Gasteiger partial charge >= 0.3 is 6.09 Å². The van der Waals surface area contributed by atoms with Crippen LogP contribution in [0.3, 0.4) is 0 Å². The number of nitrogens with two attached hydrogens (primary N) is 2. The van der Waals surface area contributed by atoms with Gasteiger partial charge in [0.05, 0.1) is 0 Å². The molecular formula is C20H30N6O2. The summed E-state index contributed by atoms with van der Waals surface area (Å²) in [5.74, 6) is 0.581. The van der Waals surface area contributed by atoms with Crippen LogP contribution in [-0.4, -0.2) is 29.3 Å². The van der Waals surface area contributed by atoms with Crippen LogP contribution in [-0.2, 0) is 4.74 Å². The van der Waals surface area contributed by atoms with Gasteiger partial charge in [0.15, 0.2) is 0 Å². The molecular weight excluding hydrogens is 356 g/mol. The molecule has 1 fully saturated rings. The number of rotatable bonds is 2. The third kappa shape index (κ3) is 4.21. The number of nitrogens with zero attached hydrogens (tertiary/aromatic N) is 3. The van der Waals surface area contributed by atoms with E-state index in [0.29, 0.717) is 11.6 Å². The molecule has 152 valence electrons. The van der Waals surface area contributed by atoms with Gasteiger partial charge in [-0.25, -0.2) is 9.79 Å². The van der Waals surface area contributed by atoms with E-state index < -0.39 is 17.4 Å². The molecule has 1 aliphatic heterocycles. The number of carbonyl (C=O) groups is 1. The molecule has 8 heteroatoms. The molecule has 0 atom stereocenters. The summed E-state index contributed by atoms with van der Waals surface area (Å²) in [5, 5.41) is 2.80. The van der Waals surface area contributed by atoms with Gasteiger partial charge in [-0.3, -0.25) is 10.2 Å². The summed E-state index contributed by atoms with van der Waals surface area (Å²) in [5.41, 5.74) is 13.6. The maximum atomic E-state index is 12.1. The van der Waals surface area contributed by atoms with Crippen LogP contribution in [0.4, 0.5) is 16.2 Å². The molecule has 0 bridgehead atoms. The van der Waals surface area contributed by atoms with Crippen LogP contribution in [0.15, 0.2) is 28.2 Å². The SMILES string of the molecule is Cc1cc(N2C(N)=NC(N)=NC23CCCCC3)ccc1NC(=O)OC(C)(C)C. The molecule has 28 heavy (non-hydrogen) atoms. The van der Waals surface area contributed by atoms with Crippen LogP contribution >= 0.6 is 0 Å². The Hall–Kier alpha value is -2.77. The summed E-state index contributed by atoms with van der Waals surface area (Å²) in [4.78, 5) is 22.9. The minimum atomic E-state index is -0.554. The summed E-state index contributed by atoms with van der Waals surface area (Å²) >= 11 is 0. The minimum absolute atomic E-state index is 0.232. The van der Waals surface area contributed by atoms with Crippen LogP contribution in [0.1, 0.15) is 58.4 Å². The lowest BCUT2D eigenvalue weighted by Crippen LogP contribution is -2.58. The highest BCUT2D eigenvalue weighted by Gasteiger charge is 2.42. The van der Waals surface area contributed by atoms with Crippen molar-refractivity contribution in [3.05, 3.63) is 23.8 Å². The van der Waals surface area contributed by atoms with Crippen molar-refractivity contribution in [1.29, 1.82) is 0 Å². The first kappa shape index (κ1) is 20.0. The van der Waals surface area contributed by atoms with Crippen LogP contribution in [0, 0.1) is 6.92 Å². The highest BCUT2D eigenvalue weighted by Crippen LogP contribution is 2.40. The van der Waals surface area contributed by atoms with E-state index in [-0.39, 0.29) is 5.96 Å². The topological polar surface area (TPSA) is 118 Å². The van der Waals surface area contributed by atoms with E-state index in [1.807, 2.05) is 50.8 Å². The Morgan fingerprint density at radius 3 is 2.50 bits per heavy atom. The molecule has 1 heterocycles. The van der Waals surface area contributed by atoms with Gasteiger partial charge in [-0.1, -0.05) is 6.42 Å². The summed E-state index contributed by atoms with van der Waals surface area (Å²) in [6, 6.07) is 5.73. The Kier molecular flexibility index (Phi) is 5.23. The highest BCUT2D eigenvalue weighted by molar-refractivity contribution is 6.05. The molecule has 0 radical (unpaired) electrons. The largest absolute Gasteiger partial charge is 0.444 e. The number of nitrogens with one attached hydrogen (secondary N) is 1. The number of anilines is 2. The Morgan fingerprint density at radius 1 is 1.21 bits per heavy atom. The number of benzene rings is 1. The molecule has 8 nitrogen and oxygen atoms in total. The van der Waals surface area contributed by atoms with Crippen molar-refractivity contribution >= 4 is 29.4 Å². The third-order valence-corrected chi connectivity index (χ3v) is 4.96. The lowest BCUT2D eigenvalue weighted by Gasteiger charge is -2.45. The van der Waals surface area contributed by atoms with Gasteiger partial charge in [0.2, 0.25) is 11.9 Å². The monoisotopic (exact) mass is 386 g/mol. The number of ether oxygens (including phenoxy) is 1. The Balaban J connectivity index is 1.88. The Morgan fingerprint density at radius 2 is 1.89 bits per heavy atom. The number of carbonyl (C=O) groups excluding carboxylic acids is 1. The molecule has 1 aliphatic carbocycles. The summed E-state index contributed by atoms with van der Waals surface area (Å²) < 4.78 is 5.33. The van der Waals surface area contributed by atoms with Crippen LogP contribution in [0.2, 0.25) is 0 Å². The first-order valence-electron chi connectivity index (χ1n) is 9.70. The van der Waals surface area contributed by atoms with Gasteiger partial charge in [0, 0.05) is 11.4 Å². The van der Waals surface area contributed by atoms with E-state index in [1.165, 1.54) is 6.42 Å². The van der Waals surface area contributed by atoms with Gasteiger partial charge in [0.25, 0.3) is 0 Å². The number of hydrogen-bond donors (Lipinski definition) is 3. The molecule has 1 amide bonds. The van der Waals surface area contributed by atoms with Crippen LogP contribution < -0.4 is 21.7 Å².